The minimum absolute atomic E-state index is 0.0499. The lowest BCUT2D eigenvalue weighted by molar-refractivity contribution is -0.140. The number of hydrogen-bond donors (Lipinski definition) is 3. The summed E-state index contributed by atoms with van der Waals surface area (Å²) in [4.78, 5) is 23.9. The molecule has 0 aromatic heterocycles. The summed E-state index contributed by atoms with van der Waals surface area (Å²) >= 11 is 0. The van der Waals surface area contributed by atoms with Gasteiger partial charge in [0.1, 0.15) is 0 Å². The van der Waals surface area contributed by atoms with E-state index in [1.165, 1.54) is 4.90 Å². The molecule has 0 aliphatic rings. The Morgan fingerprint density at radius 1 is 1.33 bits per heavy atom. The van der Waals surface area contributed by atoms with Crippen LogP contribution in [0.15, 0.2) is 12.2 Å². The number of amides is 1. The summed E-state index contributed by atoms with van der Waals surface area (Å²) < 4.78 is 0. The van der Waals surface area contributed by atoms with Gasteiger partial charge in [-0.2, -0.15) is 0 Å². The van der Waals surface area contributed by atoms with Crippen LogP contribution in [-0.4, -0.2) is 56.9 Å². The average Bonchev–Trinajstić information content (AvgIpc) is 2.23. The van der Waals surface area contributed by atoms with E-state index >= 15 is 0 Å². The largest absolute Gasteiger partial charge is 0.478 e. The molecule has 3 N–H and O–H groups in total. The molecule has 1 unspecified atom stereocenters. The molecule has 104 valence electrons. The van der Waals surface area contributed by atoms with Crippen LogP contribution >= 0.6 is 0 Å². The van der Waals surface area contributed by atoms with Crippen molar-refractivity contribution in [2.45, 2.75) is 38.8 Å². The van der Waals surface area contributed by atoms with Crippen molar-refractivity contribution < 1.29 is 24.9 Å². The van der Waals surface area contributed by atoms with Gasteiger partial charge in [0.2, 0.25) is 5.91 Å². The van der Waals surface area contributed by atoms with E-state index < -0.39 is 30.1 Å². The maximum Gasteiger partial charge on any atom is 0.331 e. The molecule has 0 aliphatic carbocycles. The number of aliphatic hydroxyl groups is 2. The van der Waals surface area contributed by atoms with Gasteiger partial charge in [-0.3, -0.25) is 4.79 Å². The van der Waals surface area contributed by atoms with Crippen LogP contribution in [0, 0.1) is 0 Å². The Kier molecular flexibility index (Phi) is 6.00. The molecule has 0 fully saturated rings. The number of rotatable bonds is 6. The van der Waals surface area contributed by atoms with Crippen molar-refractivity contribution in [1.82, 2.24) is 4.90 Å². The van der Waals surface area contributed by atoms with E-state index in [1.54, 1.807) is 20.8 Å². The van der Waals surface area contributed by atoms with Crippen LogP contribution in [0.3, 0.4) is 0 Å². The molecule has 0 radical (unpaired) electrons. The van der Waals surface area contributed by atoms with Crippen LogP contribution in [-0.2, 0) is 9.59 Å². The minimum Gasteiger partial charge on any atom is -0.478 e. The van der Waals surface area contributed by atoms with Gasteiger partial charge in [0.25, 0.3) is 0 Å². The topological polar surface area (TPSA) is 98.1 Å². The lowest BCUT2D eigenvalue weighted by atomic mass is 10.0. The van der Waals surface area contributed by atoms with E-state index in [-0.39, 0.29) is 18.5 Å². The molecule has 0 saturated heterocycles. The molecular weight excluding hydrogens is 238 g/mol. The highest BCUT2D eigenvalue weighted by molar-refractivity contribution is 5.93. The summed E-state index contributed by atoms with van der Waals surface area (Å²) in [6.45, 7) is 8.08. The van der Waals surface area contributed by atoms with Crippen LogP contribution in [0.25, 0.3) is 0 Å². The maximum atomic E-state index is 12.0. The second-order valence-corrected chi connectivity index (χ2v) is 5.10. The van der Waals surface area contributed by atoms with E-state index in [9.17, 15) is 14.7 Å². The predicted octanol–water partition coefficient (Wildman–Crippen LogP) is -0.00240. The number of carbonyl (C=O) groups excluding carboxylic acids is 1. The minimum atomic E-state index is -1.22. The SMILES string of the molecule is C=C(CC(=O)N(CC(O)CO)C(C)(C)C)C(=O)O. The molecule has 0 heterocycles. The molecule has 6 heteroatoms. The normalized spacial score (nSPS) is 12.9. The van der Waals surface area contributed by atoms with E-state index in [4.69, 9.17) is 10.2 Å². The van der Waals surface area contributed by atoms with E-state index in [1.807, 2.05) is 0 Å². The highest BCUT2D eigenvalue weighted by atomic mass is 16.4. The number of nitrogens with zero attached hydrogens (tertiary/aromatic N) is 1. The number of carboxylic acid groups (broad SMARTS) is 1. The molecule has 0 rings (SSSR count). The van der Waals surface area contributed by atoms with Gasteiger partial charge < -0.3 is 20.2 Å². The third-order valence-corrected chi connectivity index (χ3v) is 2.38. The van der Waals surface area contributed by atoms with Gasteiger partial charge in [0.05, 0.1) is 19.1 Å². The van der Waals surface area contributed by atoms with Crippen LogP contribution in [0.2, 0.25) is 0 Å². The fraction of sp³-hybridized carbons (Fsp3) is 0.667. The molecule has 0 aliphatic heterocycles. The molecule has 0 saturated carbocycles. The van der Waals surface area contributed by atoms with E-state index in [0.717, 1.165) is 0 Å². The average molecular weight is 259 g/mol. The van der Waals surface area contributed by atoms with Gasteiger partial charge >= 0.3 is 5.97 Å². The first-order valence-electron chi connectivity index (χ1n) is 5.60. The van der Waals surface area contributed by atoms with Crippen molar-refractivity contribution in [3.05, 3.63) is 12.2 Å². The number of carbonyl (C=O) groups is 2. The second kappa shape index (κ2) is 6.51. The van der Waals surface area contributed by atoms with E-state index in [0.29, 0.717) is 0 Å². The third kappa shape index (κ3) is 5.29. The second-order valence-electron chi connectivity index (χ2n) is 5.10. The Bertz CT molecular complexity index is 332. The summed E-state index contributed by atoms with van der Waals surface area (Å²) in [5, 5.41) is 26.9. The molecule has 0 bridgehead atoms. The lowest BCUT2D eigenvalue weighted by Crippen LogP contribution is -2.50. The van der Waals surface area contributed by atoms with Crippen molar-refractivity contribution >= 4 is 11.9 Å². The summed E-state index contributed by atoms with van der Waals surface area (Å²) in [5.74, 6) is -1.66. The molecule has 1 amide bonds. The molecular formula is C12H21NO5. The van der Waals surface area contributed by atoms with Crippen molar-refractivity contribution in [2.75, 3.05) is 13.2 Å². The Balaban J connectivity index is 4.82. The zero-order valence-electron chi connectivity index (χ0n) is 11.0. The van der Waals surface area contributed by atoms with E-state index in [2.05, 4.69) is 6.58 Å². The van der Waals surface area contributed by atoms with Crippen molar-refractivity contribution in [3.63, 3.8) is 0 Å². The zero-order valence-corrected chi connectivity index (χ0v) is 11.0. The predicted molar refractivity (Wildman–Crippen MR) is 66.0 cm³/mol. The summed E-state index contributed by atoms with van der Waals surface area (Å²) in [6, 6.07) is 0. The summed E-state index contributed by atoms with van der Waals surface area (Å²) in [7, 11) is 0. The number of carboxylic acids is 1. The van der Waals surface area contributed by atoms with Gasteiger partial charge in [-0.25, -0.2) is 4.79 Å². The third-order valence-electron chi connectivity index (χ3n) is 2.38. The molecule has 0 aromatic rings. The number of aliphatic carboxylic acids is 1. The lowest BCUT2D eigenvalue weighted by Gasteiger charge is -2.37. The van der Waals surface area contributed by atoms with Gasteiger partial charge in [-0.1, -0.05) is 6.58 Å². The molecule has 0 aromatic carbocycles. The van der Waals surface area contributed by atoms with Crippen LogP contribution in [0.5, 0.6) is 0 Å². The Morgan fingerprint density at radius 3 is 2.17 bits per heavy atom. The first kappa shape index (κ1) is 16.6. The molecule has 6 nitrogen and oxygen atoms in total. The summed E-state index contributed by atoms with van der Waals surface area (Å²) in [6.07, 6.45) is -1.36. The van der Waals surface area contributed by atoms with Crippen LogP contribution < -0.4 is 0 Å². The van der Waals surface area contributed by atoms with Gasteiger partial charge in [-0.15, -0.1) is 0 Å². The first-order valence-corrected chi connectivity index (χ1v) is 5.60. The number of aliphatic hydroxyl groups excluding tert-OH is 2. The van der Waals surface area contributed by atoms with Gasteiger partial charge in [0, 0.05) is 17.7 Å². The Hall–Kier alpha value is -1.40. The fourth-order valence-electron chi connectivity index (χ4n) is 1.37. The van der Waals surface area contributed by atoms with Gasteiger partial charge in [0.15, 0.2) is 0 Å². The van der Waals surface area contributed by atoms with Crippen molar-refractivity contribution in [3.8, 4) is 0 Å². The van der Waals surface area contributed by atoms with Crippen molar-refractivity contribution in [1.29, 1.82) is 0 Å². The van der Waals surface area contributed by atoms with Crippen molar-refractivity contribution in [2.24, 2.45) is 0 Å². The highest BCUT2D eigenvalue weighted by Gasteiger charge is 2.29. The first-order chi connectivity index (χ1) is 8.09. The smallest absolute Gasteiger partial charge is 0.331 e. The summed E-state index contributed by atoms with van der Waals surface area (Å²) in [5.41, 5.74) is -0.779. The quantitative estimate of drug-likeness (QED) is 0.583. The van der Waals surface area contributed by atoms with Crippen LogP contribution in [0.1, 0.15) is 27.2 Å². The molecule has 1 atom stereocenters. The Morgan fingerprint density at radius 2 is 1.83 bits per heavy atom. The fourth-order valence-corrected chi connectivity index (χ4v) is 1.37. The zero-order chi connectivity index (χ0) is 14.5. The number of β-amino-alcohol motifs (C(OH)–C–C–N with tert-alkyl or cyclic N) is 1. The monoisotopic (exact) mass is 259 g/mol. The molecule has 0 spiro atoms. The number of hydrogen-bond acceptors (Lipinski definition) is 4. The Labute approximate surface area is 107 Å². The highest BCUT2D eigenvalue weighted by Crippen LogP contribution is 2.17. The molecule has 18 heavy (non-hydrogen) atoms. The maximum absolute atomic E-state index is 12.0. The standard InChI is InChI=1S/C12H21NO5/c1-8(11(17)18)5-10(16)13(12(2,3)4)6-9(15)7-14/h9,14-15H,1,5-7H2,2-4H3,(H,17,18). The van der Waals surface area contributed by atoms with Crippen LogP contribution in [0.4, 0.5) is 0 Å². The van der Waals surface area contributed by atoms with Gasteiger partial charge in [-0.05, 0) is 20.8 Å².